The zero-order chi connectivity index (χ0) is 14.0. The van der Waals surface area contributed by atoms with Crippen molar-refractivity contribution in [3.8, 4) is 0 Å². The van der Waals surface area contributed by atoms with Crippen molar-refractivity contribution in [2.75, 3.05) is 13.1 Å². The molecule has 0 aromatic rings. The molecule has 5 atom stereocenters. The highest BCUT2D eigenvalue weighted by Crippen LogP contribution is 2.33. The maximum absolute atomic E-state index is 3.77. The van der Waals surface area contributed by atoms with Crippen molar-refractivity contribution in [1.82, 2.24) is 10.2 Å². The molecule has 1 N–H and O–H groups in total. The Morgan fingerprint density at radius 2 is 1.74 bits per heavy atom. The van der Waals surface area contributed by atoms with Crippen LogP contribution < -0.4 is 5.32 Å². The summed E-state index contributed by atoms with van der Waals surface area (Å²) in [4.78, 5) is 2.83. The summed E-state index contributed by atoms with van der Waals surface area (Å²) < 4.78 is 0. The zero-order valence-corrected chi connectivity index (χ0v) is 13.7. The number of hydrogen-bond donors (Lipinski definition) is 1. The van der Waals surface area contributed by atoms with E-state index >= 15 is 0 Å². The predicted molar refractivity (Wildman–Crippen MR) is 83.4 cm³/mol. The van der Waals surface area contributed by atoms with E-state index in [9.17, 15) is 0 Å². The van der Waals surface area contributed by atoms with Crippen molar-refractivity contribution in [2.45, 2.75) is 78.4 Å². The van der Waals surface area contributed by atoms with Crippen LogP contribution in [0.25, 0.3) is 0 Å². The van der Waals surface area contributed by atoms with Gasteiger partial charge in [0.25, 0.3) is 0 Å². The molecule has 1 aliphatic heterocycles. The first-order valence-electron chi connectivity index (χ1n) is 8.50. The number of hydrogen-bond acceptors (Lipinski definition) is 2. The Bertz CT molecular complexity index is 268. The van der Waals surface area contributed by atoms with Gasteiger partial charge in [-0.3, -0.25) is 4.90 Å². The van der Waals surface area contributed by atoms with Gasteiger partial charge < -0.3 is 5.32 Å². The summed E-state index contributed by atoms with van der Waals surface area (Å²) in [6.07, 6.45) is 5.56. The highest BCUT2D eigenvalue weighted by atomic mass is 15.3. The summed E-state index contributed by atoms with van der Waals surface area (Å²) in [5.41, 5.74) is 0. The molecule has 2 fully saturated rings. The van der Waals surface area contributed by atoms with Crippen LogP contribution in [0.3, 0.4) is 0 Å². The van der Waals surface area contributed by atoms with Crippen molar-refractivity contribution >= 4 is 0 Å². The van der Waals surface area contributed by atoms with E-state index in [0.29, 0.717) is 12.1 Å². The van der Waals surface area contributed by atoms with Gasteiger partial charge in [0.05, 0.1) is 0 Å². The smallest absolute Gasteiger partial charge is 0.0221 e. The van der Waals surface area contributed by atoms with Crippen LogP contribution in [0.1, 0.15) is 60.3 Å². The van der Waals surface area contributed by atoms with Gasteiger partial charge in [-0.2, -0.15) is 0 Å². The van der Waals surface area contributed by atoms with Gasteiger partial charge in [-0.15, -0.1) is 0 Å². The summed E-state index contributed by atoms with van der Waals surface area (Å²) in [5, 5.41) is 3.77. The fourth-order valence-electron chi connectivity index (χ4n) is 4.26. The number of rotatable bonds is 3. The lowest BCUT2D eigenvalue weighted by Gasteiger charge is -2.48. The molecule has 1 aliphatic carbocycles. The first-order chi connectivity index (χ1) is 9.01. The lowest BCUT2D eigenvalue weighted by Crippen LogP contribution is -2.60. The Labute approximate surface area is 120 Å². The van der Waals surface area contributed by atoms with Crippen molar-refractivity contribution in [1.29, 1.82) is 0 Å². The van der Waals surface area contributed by atoms with Crippen LogP contribution in [-0.2, 0) is 0 Å². The maximum Gasteiger partial charge on any atom is 0.0221 e. The van der Waals surface area contributed by atoms with Crippen molar-refractivity contribution in [2.24, 2.45) is 17.8 Å². The van der Waals surface area contributed by atoms with E-state index in [1.807, 2.05) is 0 Å². The Kier molecular flexibility index (Phi) is 5.30. The van der Waals surface area contributed by atoms with Crippen LogP contribution in [0.2, 0.25) is 0 Å². The molecule has 0 spiro atoms. The van der Waals surface area contributed by atoms with Crippen LogP contribution in [0.4, 0.5) is 0 Å². The first-order valence-corrected chi connectivity index (χ1v) is 8.50. The highest BCUT2D eigenvalue weighted by molar-refractivity contribution is 4.92. The van der Waals surface area contributed by atoms with E-state index in [0.717, 1.165) is 23.8 Å². The SMILES string of the molecule is CCC(C)C1CN(C2CC(C)CC(C)C2)C(C)CN1. The van der Waals surface area contributed by atoms with Crippen LogP contribution in [-0.4, -0.2) is 36.1 Å². The van der Waals surface area contributed by atoms with E-state index < -0.39 is 0 Å². The molecular weight excluding hydrogens is 232 g/mol. The van der Waals surface area contributed by atoms with Crippen molar-refractivity contribution in [3.63, 3.8) is 0 Å². The van der Waals surface area contributed by atoms with Gasteiger partial charge in [-0.05, 0) is 43.9 Å². The van der Waals surface area contributed by atoms with Gasteiger partial charge >= 0.3 is 0 Å². The Hall–Kier alpha value is -0.0800. The molecule has 1 heterocycles. The Morgan fingerprint density at radius 3 is 2.32 bits per heavy atom. The Morgan fingerprint density at radius 1 is 1.11 bits per heavy atom. The van der Waals surface area contributed by atoms with E-state index in [1.165, 1.54) is 38.8 Å². The summed E-state index contributed by atoms with van der Waals surface area (Å²) in [5.74, 6) is 2.63. The van der Waals surface area contributed by atoms with Crippen LogP contribution >= 0.6 is 0 Å². The largest absolute Gasteiger partial charge is 0.311 e. The molecule has 2 aliphatic rings. The van der Waals surface area contributed by atoms with E-state index in [2.05, 4.69) is 44.8 Å². The van der Waals surface area contributed by atoms with Gasteiger partial charge in [0, 0.05) is 31.2 Å². The molecule has 2 nitrogen and oxygen atoms in total. The lowest BCUT2D eigenvalue weighted by molar-refractivity contribution is 0.0354. The second-order valence-corrected chi connectivity index (χ2v) is 7.52. The average Bonchev–Trinajstić information content (AvgIpc) is 2.37. The minimum atomic E-state index is 0.703. The third-order valence-electron chi connectivity index (χ3n) is 5.60. The topological polar surface area (TPSA) is 15.3 Å². The van der Waals surface area contributed by atoms with Crippen LogP contribution in [0.15, 0.2) is 0 Å². The van der Waals surface area contributed by atoms with E-state index in [4.69, 9.17) is 0 Å². The monoisotopic (exact) mass is 266 g/mol. The second-order valence-electron chi connectivity index (χ2n) is 7.52. The summed E-state index contributed by atoms with van der Waals surface area (Å²) in [7, 11) is 0. The molecule has 19 heavy (non-hydrogen) atoms. The molecule has 0 bridgehead atoms. The van der Waals surface area contributed by atoms with Gasteiger partial charge in [0.1, 0.15) is 0 Å². The third-order valence-corrected chi connectivity index (χ3v) is 5.60. The Balaban J connectivity index is 2.00. The number of nitrogens with one attached hydrogen (secondary N) is 1. The molecular formula is C17H34N2. The van der Waals surface area contributed by atoms with Gasteiger partial charge in [-0.1, -0.05) is 34.1 Å². The molecule has 1 saturated heterocycles. The number of piperazine rings is 1. The van der Waals surface area contributed by atoms with Crippen LogP contribution in [0.5, 0.6) is 0 Å². The maximum atomic E-state index is 3.77. The van der Waals surface area contributed by atoms with Gasteiger partial charge in [0.2, 0.25) is 0 Å². The standard InChI is InChI=1S/C17H34N2/c1-6-14(4)17-11-19(15(5)10-18-17)16-8-12(2)7-13(3)9-16/h12-18H,6-11H2,1-5H3. The van der Waals surface area contributed by atoms with E-state index in [1.54, 1.807) is 0 Å². The molecule has 0 radical (unpaired) electrons. The lowest BCUT2D eigenvalue weighted by atomic mass is 9.79. The predicted octanol–water partition coefficient (Wildman–Crippen LogP) is 3.52. The minimum absolute atomic E-state index is 0.703. The molecule has 1 saturated carbocycles. The van der Waals surface area contributed by atoms with Crippen molar-refractivity contribution in [3.05, 3.63) is 0 Å². The summed E-state index contributed by atoms with van der Waals surface area (Å²) in [6, 6.07) is 2.25. The summed E-state index contributed by atoms with van der Waals surface area (Å²) in [6.45, 7) is 14.5. The zero-order valence-electron chi connectivity index (χ0n) is 13.7. The average molecular weight is 266 g/mol. The molecule has 0 aromatic carbocycles. The number of nitrogens with zero attached hydrogens (tertiary/aromatic N) is 1. The van der Waals surface area contributed by atoms with Crippen LogP contribution in [0, 0.1) is 17.8 Å². The molecule has 0 amide bonds. The molecule has 5 unspecified atom stereocenters. The van der Waals surface area contributed by atoms with Gasteiger partial charge in [0.15, 0.2) is 0 Å². The molecule has 2 heteroatoms. The molecule has 2 rings (SSSR count). The third kappa shape index (κ3) is 3.72. The minimum Gasteiger partial charge on any atom is -0.311 e. The molecule has 112 valence electrons. The van der Waals surface area contributed by atoms with Crippen molar-refractivity contribution < 1.29 is 0 Å². The highest BCUT2D eigenvalue weighted by Gasteiger charge is 2.35. The quantitative estimate of drug-likeness (QED) is 0.841. The fraction of sp³-hybridized carbons (Fsp3) is 1.00. The first kappa shape index (κ1) is 15.3. The normalized spacial score (nSPS) is 43.1. The fourth-order valence-corrected chi connectivity index (χ4v) is 4.26. The van der Waals surface area contributed by atoms with E-state index in [-0.39, 0.29) is 0 Å². The van der Waals surface area contributed by atoms with Gasteiger partial charge in [-0.25, -0.2) is 0 Å². The second kappa shape index (κ2) is 6.58. The summed E-state index contributed by atoms with van der Waals surface area (Å²) >= 11 is 0. The molecule has 0 aromatic heterocycles.